The van der Waals surface area contributed by atoms with Crippen molar-refractivity contribution in [1.82, 2.24) is 5.16 Å². The lowest BCUT2D eigenvalue weighted by molar-refractivity contribution is -0.116. The molecule has 25 heavy (non-hydrogen) atoms. The number of rotatable bonds is 5. The standard InChI is InChI=1S/C19H26N4O2/c1-13-8-10-23(11-9-13)17-6-4-16(5-7-17)20-15(3)19(24)21-18-12-14(2)22-25-18/h4-7,12-13,15,20H,8-11H2,1-3H3,(H,21,24). The molecule has 0 aliphatic carbocycles. The van der Waals surface area contributed by atoms with Crippen LogP contribution in [0.15, 0.2) is 34.9 Å². The first-order valence-electron chi connectivity index (χ1n) is 8.87. The van der Waals surface area contributed by atoms with Gasteiger partial charge in [0.1, 0.15) is 6.04 Å². The van der Waals surface area contributed by atoms with Crippen molar-refractivity contribution in [3.8, 4) is 0 Å². The van der Waals surface area contributed by atoms with E-state index in [0.29, 0.717) is 5.88 Å². The van der Waals surface area contributed by atoms with Gasteiger partial charge in [-0.1, -0.05) is 12.1 Å². The van der Waals surface area contributed by atoms with Gasteiger partial charge < -0.3 is 14.7 Å². The zero-order chi connectivity index (χ0) is 17.8. The molecular formula is C19H26N4O2. The maximum Gasteiger partial charge on any atom is 0.248 e. The van der Waals surface area contributed by atoms with Crippen LogP contribution in [0.2, 0.25) is 0 Å². The Labute approximate surface area is 148 Å². The van der Waals surface area contributed by atoms with Gasteiger partial charge in [0, 0.05) is 30.5 Å². The number of anilines is 3. The Morgan fingerprint density at radius 1 is 1.28 bits per heavy atom. The number of aryl methyl sites for hydroxylation is 1. The van der Waals surface area contributed by atoms with Crippen LogP contribution in [0.5, 0.6) is 0 Å². The zero-order valence-electron chi connectivity index (χ0n) is 15.1. The number of piperidine rings is 1. The summed E-state index contributed by atoms with van der Waals surface area (Å²) >= 11 is 0. The molecule has 1 saturated heterocycles. The Morgan fingerprint density at radius 2 is 1.96 bits per heavy atom. The molecule has 1 atom stereocenters. The van der Waals surface area contributed by atoms with Gasteiger partial charge in [-0.15, -0.1) is 0 Å². The van der Waals surface area contributed by atoms with Crippen molar-refractivity contribution in [1.29, 1.82) is 0 Å². The van der Waals surface area contributed by atoms with E-state index in [0.717, 1.165) is 30.4 Å². The maximum absolute atomic E-state index is 12.2. The van der Waals surface area contributed by atoms with Crippen LogP contribution >= 0.6 is 0 Å². The van der Waals surface area contributed by atoms with Crippen LogP contribution < -0.4 is 15.5 Å². The minimum absolute atomic E-state index is 0.162. The molecule has 1 amide bonds. The van der Waals surface area contributed by atoms with Gasteiger partial charge in [-0.25, -0.2) is 0 Å². The van der Waals surface area contributed by atoms with Crippen molar-refractivity contribution >= 4 is 23.2 Å². The number of benzene rings is 1. The maximum atomic E-state index is 12.2. The molecule has 6 heteroatoms. The third-order valence-corrected chi connectivity index (χ3v) is 4.67. The molecule has 1 unspecified atom stereocenters. The van der Waals surface area contributed by atoms with Crippen molar-refractivity contribution in [2.75, 3.05) is 28.6 Å². The number of amides is 1. The second kappa shape index (κ2) is 7.59. The van der Waals surface area contributed by atoms with Crippen LogP contribution in [0.25, 0.3) is 0 Å². The van der Waals surface area contributed by atoms with E-state index in [4.69, 9.17) is 4.52 Å². The second-order valence-corrected chi connectivity index (χ2v) is 6.90. The molecule has 2 N–H and O–H groups in total. The number of carbonyl (C=O) groups is 1. The lowest BCUT2D eigenvalue weighted by atomic mass is 9.99. The Bertz CT molecular complexity index is 702. The molecule has 0 bridgehead atoms. The summed E-state index contributed by atoms with van der Waals surface area (Å²) in [6.07, 6.45) is 2.50. The predicted octanol–water partition coefficient (Wildman–Crippen LogP) is 3.66. The van der Waals surface area contributed by atoms with E-state index in [1.165, 1.54) is 18.5 Å². The van der Waals surface area contributed by atoms with Crippen molar-refractivity contribution in [2.24, 2.45) is 5.92 Å². The lowest BCUT2D eigenvalue weighted by Crippen LogP contribution is -2.33. The van der Waals surface area contributed by atoms with E-state index in [-0.39, 0.29) is 11.9 Å². The summed E-state index contributed by atoms with van der Waals surface area (Å²) in [5.41, 5.74) is 2.90. The quantitative estimate of drug-likeness (QED) is 0.868. The molecule has 6 nitrogen and oxygen atoms in total. The first-order chi connectivity index (χ1) is 12.0. The molecule has 0 radical (unpaired) electrons. The van der Waals surface area contributed by atoms with Crippen molar-refractivity contribution in [2.45, 2.75) is 39.7 Å². The van der Waals surface area contributed by atoms with Crippen LogP contribution in [0, 0.1) is 12.8 Å². The Hall–Kier alpha value is -2.50. The average molecular weight is 342 g/mol. The molecule has 1 aliphatic heterocycles. The first-order valence-corrected chi connectivity index (χ1v) is 8.87. The molecule has 1 fully saturated rings. The van der Waals surface area contributed by atoms with Crippen LogP contribution in [-0.4, -0.2) is 30.2 Å². The minimum Gasteiger partial charge on any atom is -0.374 e. The number of hydrogen-bond donors (Lipinski definition) is 2. The van der Waals surface area contributed by atoms with Gasteiger partial charge >= 0.3 is 0 Å². The smallest absolute Gasteiger partial charge is 0.248 e. The molecule has 1 aromatic carbocycles. The fourth-order valence-electron chi connectivity index (χ4n) is 3.00. The summed E-state index contributed by atoms with van der Waals surface area (Å²) in [6.45, 7) is 8.17. The molecule has 1 aliphatic rings. The molecule has 2 aromatic rings. The van der Waals surface area contributed by atoms with E-state index in [2.05, 4.69) is 39.7 Å². The van der Waals surface area contributed by atoms with Crippen LogP contribution in [0.3, 0.4) is 0 Å². The Balaban J connectivity index is 1.54. The third kappa shape index (κ3) is 4.53. The Morgan fingerprint density at radius 3 is 2.56 bits per heavy atom. The summed E-state index contributed by atoms with van der Waals surface area (Å²) in [5.74, 6) is 1.03. The summed E-state index contributed by atoms with van der Waals surface area (Å²) in [4.78, 5) is 14.6. The highest BCUT2D eigenvalue weighted by Crippen LogP contribution is 2.24. The highest BCUT2D eigenvalue weighted by Gasteiger charge is 2.17. The van der Waals surface area contributed by atoms with E-state index in [9.17, 15) is 4.79 Å². The summed E-state index contributed by atoms with van der Waals surface area (Å²) in [7, 11) is 0. The van der Waals surface area contributed by atoms with Crippen molar-refractivity contribution in [3.05, 3.63) is 36.0 Å². The molecule has 2 heterocycles. The molecule has 1 aromatic heterocycles. The van der Waals surface area contributed by atoms with Crippen LogP contribution in [0.1, 0.15) is 32.4 Å². The Kier molecular flexibility index (Phi) is 5.26. The van der Waals surface area contributed by atoms with E-state index < -0.39 is 0 Å². The van der Waals surface area contributed by atoms with Gasteiger partial charge in [0.05, 0.1) is 5.69 Å². The van der Waals surface area contributed by atoms with Gasteiger partial charge in [-0.05, 0) is 56.9 Å². The fraction of sp³-hybridized carbons (Fsp3) is 0.474. The molecule has 3 rings (SSSR count). The van der Waals surface area contributed by atoms with Gasteiger partial charge in [-0.2, -0.15) is 0 Å². The van der Waals surface area contributed by atoms with E-state index >= 15 is 0 Å². The predicted molar refractivity (Wildman–Crippen MR) is 100 cm³/mol. The number of nitrogens with one attached hydrogen (secondary N) is 2. The van der Waals surface area contributed by atoms with Gasteiger partial charge in [0.2, 0.25) is 11.8 Å². The summed E-state index contributed by atoms with van der Waals surface area (Å²) in [5, 5.41) is 9.68. The number of nitrogens with zero attached hydrogens (tertiary/aromatic N) is 2. The van der Waals surface area contributed by atoms with E-state index in [1.807, 2.05) is 26.0 Å². The van der Waals surface area contributed by atoms with Gasteiger partial charge in [-0.3, -0.25) is 10.1 Å². The number of carbonyl (C=O) groups excluding carboxylic acids is 1. The molecular weight excluding hydrogens is 316 g/mol. The van der Waals surface area contributed by atoms with Gasteiger partial charge in [0.25, 0.3) is 0 Å². The number of aromatic nitrogens is 1. The third-order valence-electron chi connectivity index (χ3n) is 4.67. The summed E-state index contributed by atoms with van der Waals surface area (Å²) in [6, 6.07) is 9.59. The first kappa shape index (κ1) is 17.3. The van der Waals surface area contributed by atoms with E-state index in [1.54, 1.807) is 6.07 Å². The monoisotopic (exact) mass is 342 g/mol. The number of hydrogen-bond acceptors (Lipinski definition) is 5. The van der Waals surface area contributed by atoms with Gasteiger partial charge in [0.15, 0.2) is 0 Å². The average Bonchev–Trinajstić information content (AvgIpc) is 3.01. The molecule has 134 valence electrons. The minimum atomic E-state index is -0.382. The highest BCUT2D eigenvalue weighted by molar-refractivity contribution is 5.95. The fourth-order valence-corrected chi connectivity index (χ4v) is 3.00. The second-order valence-electron chi connectivity index (χ2n) is 6.90. The molecule has 0 spiro atoms. The SMILES string of the molecule is Cc1cc(NC(=O)C(C)Nc2ccc(N3CCC(C)CC3)cc2)on1. The summed E-state index contributed by atoms with van der Waals surface area (Å²) < 4.78 is 5.01. The van der Waals surface area contributed by atoms with Crippen molar-refractivity contribution < 1.29 is 9.32 Å². The van der Waals surface area contributed by atoms with Crippen LogP contribution in [-0.2, 0) is 4.79 Å². The largest absolute Gasteiger partial charge is 0.374 e. The lowest BCUT2D eigenvalue weighted by Gasteiger charge is -2.32. The highest BCUT2D eigenvalue weighted by atomic mass is 16.5. The zero-order valence-corrected chi connectivity index (χ0v) is 15.1. The topological polar surface area (TPSA) is 70.4 Å². The molecule has 0 saturated carbocycles. The van der Waals surface area contributed by atoms with Crippen molar-refractivity contribution in [3.63, 3.8) is 0 Å². The normalized spacial score (nSPS) is 16.5. The van der Waals surface area contributed by atoms with Crippen LogP contribution in [0.4, 0.5) is 17.3 Å².